The Labute approximate surface area is 216 Å². The fourth-order valence-electron chi connectivity index (χ4n) is 5.49. The van der Waals surface area contributed by atoms with Gasteiger partial charge in [-0.1, -0.05) is 18.2 Å². The zero-order valence-corrected chi connectivity index (χ0v) is 21.3. The van der Waals surface area contributed by atoms with Crippen LogP contribution in [0.2, 0.25) is 0 Å². The monoisotopic (exact) mass is 504 g/mol. The first kappa shape index (κ1) is 23.3. The molecule has 1 aromatic heterocycles. The zero-order chi connectivity index (χ0) is 24.3. The van der Waals surface area contributed by atoms with Crippen LogP contribution in [0.5, 0.6) is 11.5 Å². The van der Waals surface area contributed by atoms with E-state index < -0.39 is 0 Å². The summed E-state index contributed by atoms with van der Waals surface area (Å²) >= 11 is 1.59. The van der Waals surface area contributed by atoms with E-state index in [0.29, 0.717) is 6.04 Å². The molecular weight excluding hydrogens is 472 g/mol. The van der Waals surface area contributed by atoms with Gasteiger partial charge in [-0.15, -0.1) is 0 Å². The molecule has 36 heavy (non-hydrogen) atoms. The number of fused-ring (bicyclic) bond motifs is 2. The summed E-state index contributed by atoms with van der Waals surface area (Å²) in [6.45, 7) is 6.21. The summed E-state index contributed by atoms with van der Waals surface area (Å²) in [4.78, 5) is 20.2. The van der Waals surface area contributed by atoms with Crippen molar-refractivity contribution in [3.63, 3.8) is 0 Å². The van der Waals surface area contributed by atoms with Crippen LogP contribution in [0.4, 0.5) is 5.82 Å². The first-order valence-corrected chi connectivity index (χ1v) is 13.7. The molecule has 3 aromatic rings. The third kappa shape index (κ3) is 4.92. The van der Waals surface area contributed by atoms with E-state index >= 15 is 0 Å². The molecule has 0 radical (unpaired) electrons. The average molecular weight is 505 g/mol. The number of piperazine rings is 1. The number of aromatic nitrogens is 1. The molecule has 0 saturated carbocycles. The highest BCUT2D eigenvalue weighted by molar-refractivity contribution is 7.13. The second kappa shape index (κ2) is 10.5. The highest BCUT2D eigenvalue weighted by Gasteiger charge is 2.27. The van der Waals surface area contributed by atoms with E-state index in [0.717, 1.165) is 81.4 Å². The van der Waals surface area contributed by atoms with Gasteiger partial charge < -0.3 is 19.3 Å². The molecule has 188 valence electrons. The lowest BCUT2D eigenvalue weighted by Crippen LogP contribution is -2.49. The van der Waals surface area contributed by atoms with Gasteiger partial charge in [0.15, 0.2) is 11.5 Å². The van der Waals surface area contributed by atoms with Gasteiger partial charge in [-0.25, -0.2) is 0 Å². The topological polar surface area (TPSA) is 58.1 Å². The standard InChI is InChI=1S/C28H32N4O3S/c33-27(11-9-21-8-10-24-25(19-21)35-20-34-24)32-13-4-3-5-22(32)12-14-30-15-17-31(18-16-30)28-23-6-1-2-7-26(23)36-29-28/h1-2,6-11,19,22H,3-5,12-18,20H2/b11-9-/t22-/m0/s1. The lowest BCUT2D eigenvalue weighted by molar-refractivity contribution is -0.129. The number of benzene rings is 2. The maximum atomic E-state index is 13.1. The molecule has 0 unspecified atom stereocenters. The molecule has 7 nitrogen and oxygen atoms in total. The van der Waals surface area contributed by atoms with Crippen LogP contribution in [0.3, 0.4) is 0 Å². The van der Waals surface area contributed by atoms with Crippen molar-refractivity contribution in [2.24, 2.45) is 0 Å². The highest BCUT2D eigenvalue weighted by Crippen LogP contribution is 2.33. The Kier molecular flexibility index (Phi) is 6.79. The van der Waals surface area contributed by atoms with Crippen molar-refractivity contribution in [2.45, 2.75) is 31.7 Å². The summed E-state index contributed by atoms with van der Waals surface area (Å²) in [6.07, 6.45) is 8.01. The van der Waals surface area contributed by atoms with E-state index in [1.54, 1.807) is 17.6 Å². The molecular formula is C28H32N4O3S. The number of nitrogens with zero attached hydrogens (tertiary/aromatic N) is 4. The van der Waals surface area contributed by atoms with Crippen LogP contribution in [-0.4, -0.2) is 72.2 Å². The number of hydrogen-bond acceptors (Lipinski definition) is 7. The molecule has 4 heterocycles. The van der Waals surface area contributed by atoms with Crippen LogP contribution in [0.15, 0.2) is 48.5 Å². The minimum absolute atomic E-state index is 0.109. The number of carbonyl (C=O) groups is 1. The van der Waals surface area contributed by atoms with E-state index in [1.807, 2.05) is 24.3 Å². The molecule has 6 rings (SSSR count). The van der Waals surface area contributed by atoms with Crippen molar-refractivity contribution in [1.82, 2.24) is 14.2 Å². The van der Waals surface area contributed by atoms with Crippen molar-refractivity contribution in [2.75, 3.05) is 51.0 Å². The predicted molar refractivity (Wildman–Crippen MR) is 144 cm³/mol. The number of hydrogen-bond donors (Lipinski definition) is 0. The van der Waals surface area contributed by atoms with Gasteiger partial charge in [0.25, 0.3) is 0 Å². The number of ether oxygens (including phenoxy) is 2. The van der Waals surface area contributed by atoms with Crippen LogP contribution >= 0.6 is 11.5 Å². The van der Waals surface area contributed by atoms with Gasteiger partial charge in [0.1, 0.15) is 5.82 Å². The van der Waals surface area contributed by atoms with Gasteiger partial charge in [-0.2, -0.15) is 4.37 Å². The molecule has 2 saturated heterocycles. The van der Waals surface area contributed by atoms with Crippen molar-refractivity contribution in [3.8, 4) is 11.5 Å². The quantitative estimate of drug-likeness (QED) is 0.456. The highest BCUT2D eigenvalue weighted by atomic mass is 32.1. The molecule has 3 aliphatic rings. The van der Waals surface area contributed by atoms with Gasteiger partial charge in [-0.05, 0) is 73.1 Å². The average Bonchev–Trinajstić information content (AvgIpc) is 3.58. The molecule has 3 aliphatic heterocycles. The van der Waals surface area contributed by atoms with Crippen LogP contribution in [0.1, 0.15) is 31.2 Å². The predicted octanol–water partition coefficient (Wildman–Crippen LogP) is 4.63. The number of likely N-dealkylation sites (tertiary alicyclic amines) is 1. The minimum Gasteiger partial charge on any atom is -0.454 e. The van der Waals surface area contributed by atoms with E-state index in [2.05, 4.69) is 39.0 Å². The van der Waals surface area contributed by atoms with Crippen molar-refractivity contribution < 1.29 is 14.3 Å². The Morgan fingerprint density at radius 2 is 1.89 bits per heavy atom. The first-order valence-electron chi connectivity index (χ1n) is 12.9. The Hall–Kier alpha value is -3.10. The van der Waals surface area contributed by atoms with Gasteiger partial charge >= 0.3 is 0 Å². The Morgan fingerprint density at radius 3 is 2.81 bits per heavy atom. The van der Waals surface area contributed by atoms with Gasteiger partial charge in [-0.3, -0.25) is 9.69 Å². The first-order chi connectivity index (χ1) is 17.7. The molecule has 2 aromatic carbocycles. The summed E-state index contributed by atoms with van der Waals surface area (Å²) in [7, 11) is 0. The second-order valence-electron chi connectivity index (χ2n) is 9.75. The molecule has 0 aliphatic carbocycles. The smallest absolute Gasteiger partial charge is 0.246 e. The van der Waals surface area contributed by atoms with E-state index in [-0.39, 0.29) is 12.7 Å². The van der Waals surface area contributed by atoms with Gasteiger partial charge in [0.05, 0.1) is 4.70 Å². The van der Waals surface area contributed by atoms with Crippen molar-refractivity contribution >= 4 is 39.4 Å². The normalized spacial score (nSPS) is 20.5. The van der Waals surface area contributed by atoms with Crippen LogP contribution in [-0.2, 0) is 4.79 Å². The lowest BCUT2D eigenvalue weighted by atomic mass is 9.98. The molecule has 1 atom stereocenters. The summed E-state index contributed by atoms with van der Waals surface area (Å²) in [5.74, 6) is 2.74. The minimum atomic E-state index is 0.109. The largest absolute Gasteiger partial charge is 0.454 e. The summed E-state index contributed by atoms with van der Waals surface area (Å²) in [5, 5.41) is 1.26. The SMILES string of the molecule is O=C(/C=C\c1ccc2c(c1)OCO2)N1CCCC[C@H]1CCN1CCN(c2nsc3ccccc23)CC1. The van der Waals surface area contributed by atoms with E-state index in [1.165, 1.54) is 16.5 Å². The Balaban J connectivity index is 1.02. The maximum Gasteiger partial charge on any atom is 0.246 e. The third-order valence-corrected chi connectivity index (χ3v) is 8.35. The van der Waals surface area contributed by atoms with Crippen LogP contribution in [0.25, 0.3) is 16.2 Å². The maximum absolute atomic E-state index is 13.1. The molecule has 0 N–H and O–H groups in total. The number of carbonyl (C=O) groups excluding carboxylic acids is 1. The van der Waals surface area contributed by atoms with Crippen LogP contribution < -0.4 is 14.4 Å². The summed E-state index contributed by atoms with van der Waals surface area (Å²) in [5.41, 5.74) is 0.951. The zero-order valence-electron chi connectivity index (χ0n) is 20.5. The van der Waals surface area contributed by atoms with E-state index in [4.69, 9.17) is 13.8 Å². The van der Waals surface area contributed by atoms with Gasteiger partial charge in [0.2, 0.25) is 12.7 Å². The van der Waals surface area contributed by atoms with Gasteiger partial charge in [0, 0.05) is 56.8 Å². The molecule has 0 spiro atoms. The number of anilines is 1. The third-order valence-electron chi connectivity index (χ3n) is 7.53. The molecule has 2 fully saturated rings. The van der Waals surface area contributed by atoms with Crippen LogP contribution in [0, 0.1) is 0 Å². The van der Waals surface area contributed by atoms with Crippen molar-refractivity contribution in [3.05, 3.63) is 54.1 Å². The fourth-order valence-corrected chi connectivity index (χ4v) is 6.28. The molecule has 1 amide bonds. The fraction of sp³-hybridized carbons (Fsp3) is 0.429. The summed E-state index contributed by atoms with van der Waals surface area (Å²) < 4.78 is 16.8. The second-order valence-corrected chi connectivity index (χ2v) is 10.6. The number of rotatable bonds is 6. The van der Waals surface area contributed by atoms with E-state index in [9.17, 15) is 4.79 Å². The summed E-state index contributed by atoms with van der Waals surface area (Å²) in [6, 6.07) is 14.6. The number of amides is 1. The molecule has 0 bridgehead atoms. The lowest BCUT2D eigenvalue weighted by Gasteiger charge is -2.39. The van der Waals surface area contributed by atoms with Crippen molar-refractivity contribution in [1.29, 1.82) is 0 Å². The Bertz CT molecular complexity index is 1250. The molecule has 8 heteroatoms. The number of piperidine rings is 1. The Morgan fingerprint density at radius 1 is 1.03 bits per heavy atom.